The average molecular weight is 419 g/mol. The van der Waals surface area contributed by atoms with E-state index in [-0.39, 0.29) is 27.5 Å². The molecular formula is C21H24O4Se. The predicted molar refractivity (Wildman–Crippen MR) is 101 cm³/mol. The summed E-state index contributed by atoms with van der Waals surface area (Å²) in [6.07, 6.45) is 0.683. The fourth-order valence-corrected chi connectivity index (χ4v) is 6.01. The molecule has 5 heteroatoms. The van der Waals surface area contributed by atoms with Crippen LogP contribution in [0.1, 0.15) is 37.0 Å². The molecule has 4 nitrogen and oxygen atoms in total. The number of carbonyl (C=O) groups is 1. The Labute approximate surface area is 160 Å². The van der Waals surface area contributed by atoms with E-state index in [1.807, 2.05) is 61.5 Å². The van der Waals surface area contributed by atoms with Crippen LogP contribution in [0.3, 0.4) is 0 Å². The summed E-state index contributed by atoms with van der Waals surface area (Å²) in [6.45, 7) is 1.77. The summed E-state index contributed by atoms with van der Waals surface area (Å²) >= 11 is 0.0210. The quantitative estimate of drug-likeness (QED) is 0.534. The summed E-state index contributed by atoms with van der Waals surface area (Å²) in [5.74, 6) is -0.795. The van der Waals surface area contributed by atoms with Gasteiger partial charge in [0, 0.05) is 0 Å². The second-order valence-electron chi connectivity index (χ2n) is 6.62. The summed E-state index contributed by atoms with van der Waals surface area (Å²) in [4.78, 5) is 12.2. The molecule has 1 aliphatic heterocycles. The summed E-state index contributed by atoms with van der Waals surface area (Å²) in [7, 11) is 0. The molecule has 0 radical (unpaired) electrons. The van der Waals surface area contributed by atoms with E-state index in [2.05, 4.69) is 0 Å². The maximum atomic E-state index is 12.2. The first-order chi connectivity index (χ1) is 12.6. The van der Waals surface area contributed by atoms with Crippen LogP contribution in [0.25, 0.3) is 0 Å². The molecule has 0 amide bonds. The number of aliphatic hydroxyl groups is 2. The minimum atomic E-state index is -0.698. The zero-order chi connectivity index (χ0) is 18.6. The molecule has 2 N–H and O–H groups in total. The maximum absolute atomic E-state index is 12.2. The van der Waals surface area contributed by atoms with Crippen molar-refractivity contribution in [3.05, 3.63) is 65.7 Å². The summed E-state index contributed by atoms with van der Waals surface area (Å²) in [5.41, 5.74) is 1.23. The first-order valence-corrected chi connectivity index (χ1v) is 11.0. The van der Waals surface area contributed by atoms with Crippen molar-refractivity contribution in [1.29, 1.82) is 0 Å². The average Bonchev–Trinajstić information content (AvgIpc) is 3.03. The van der Waals surface area contributed by atoms with E-state index >= 15 is 0 Å². The fourth-order valence-electron chi connectivity index (χ4n) is 3.33. The van der Waals surface area contributed by atoms with Crippen molar-refractivity contribution in [1.82, 2.24) is 0 Å². The van der Waals surface area contributed by atoms with Gasteiger partial charge in [0.25, 0.3) is 0 Å². The molecule has 0 aromatic heterocycles. The van der Waals surface area contributed by atoms with Crippen molar-refractivity contribution in [3.63, 3.8) is 0 Å². The molecule has 1 fully saturated rings. The van der Waals surface area contributed by atoms with Crippen LogP contribution in [0.5, 0.6) is 0 Å². The number of hydrogen-bond donors (Lipinski definition) is 2. The van der Waals surface area contributed by atoms with Crippen molar-refractivity contribution in [2.24, 2.45) is 5.92 Å². The van der Waals surface area contributed by atoms with Gasteiger partial charge in [0.2, 0.25) is 0 Å². The van der Waals surface area contributed by atoms with Crippen LogP contribution in [0, 0.1) is 5.92 Å². The Balaban J connectivity index is 1.88. The summed E-state index contributed by atoms with van der Waals surface area (Å²) in [5, 5.41) is 20.5. The number of hydrogen-bond acceptors (Lipinski definition) is 4. The number of cyclic esters (lactones) is 1. The van der Waals surface area contributed by atoms with Gasteiger partial charge < -0.3 is 0 Å². The molecule has 0 unspecified atom stereocenters. The third-order valence-electron chi connectivity index (χ3n) is 4.85. The number of benzene rings is 2. The second kappa shape index (κ2) is 8.36. The second-order valence-corrected chi connectivity index (χ2v) is 8.75. The van der Waals surface area contributed by atoms with Crippen molar-refractivity contribution in [2.45, 2.75) is 36.8 Å². The zero-order valence-electron chi connectivity index (χ0n) is 14.8. The van der Waals surface area contributed by atoms with E-state index in [0.29, 0.717) is 18.2 Å². The summed E-state index contributed by atoms with van der Waals surface area (Å²) < 4.78 is 6.97. The number of ether oxygens (including phenoxy) is 1. The first-order valence-electron chi connectivity index (χ1n) is 8.88. The van der Waals surface area contributed by atoms with Gasteiger partial charge in [-0.1, -0.05) is 0 Å². The van der Waals surface area contributed by atoms with Gasteiger partial charge in [0.05, 0.1) is 0 Å². The fraction of sp³-hybridized carbons (Fsp3) is 0.381. The molecule has 138 valence electrons. The van der Waals surface area contributed by atoms with E-state index in [9.17, 15) is 15.0 Å². The Hall–Kier alpha value is -1.65. The first kappa shape index (κ1) is 19.1. The van der Waals surface area contributed by atoms with Crippen LogP contribution < -0.4 is 4.46 Å². The van der Waals surface area contributed by atoms with Crippen LogP contribution in [0.15, 0.2) is 54.6 Å². The Morgan fingerprint density at radius 2 is 1.88 bits per heavy atom. The number of aliphatic hydroxyl groups excluding tert-OH is 2. The number of carbonyl (C=O) groups excluding carboxylic acids is 1. The van der Waals surface area contributed by atoms with Gasteiger partial charge in [-0.3, -0.25) is 0 Å². The molecule has 1 heterocycles. The van der Waals surface area contributed by atoms with E-state index in [1.165, 1.54) is 0 Å². The van der Waals surface area contributed by atoms with Gasteiger partial charge in [0.15, 0.2) is 0 Å². The SMILES string of the molecule is CC[C@@H](O)c1ccccc1[Se]C[C@]1(c2ccccc2)C[C@H](CO)C(=O)O1. The van der Waals surface area contributed by atoms with Crippen molar-refractivity contribution in [3.8, 4) is 0 Å². The Kier molecular flexibility index (Phi) is 6.15. The normalized spacial score (nSPS) is 23.7. The zero-order valence-corrected chi connectivity index (χ0v) is 16.5. The molecule has 3 atom stereocenters. The molecular weight excluding hydrogens is 395 g/mol. The molecule has 2 aromatic rings. The standard InChI is InChI=1S/C21H24O4Se/c1-2-18(23)17-10-6-7-11-19(17)26-14-21(16-8-4-3-5-9-16)12-15(13-22)20(24)25-21/h3-11,15,18,22-23H,2,12-14H2,1H3/t15-,18-,21+/m1/s1. The van der Waals surface area contributed by atoms with Crippen molar-refractivity contribution < 1.29 is 19.7 Å². The minimum absolute atomic E-state index is 0.0210. The Morgan fingerprint density at radius 3 is 2.54 bits per heavy atom. The van der Waals surface area contributed by atoms with Crippen molar-refractivity contribution in [2.75, 3.05) is 6.61 Å². The van der Waals surface area contributed by atoms with Crippen LogP contribution in [0.2, 0.25) is 5.32 Å². The van der Waals surface area contributed by atoms with E-state index in [1.54, 1.807) is 0 Å². The third-order valence-corrected chi connectivity index (χ3v) is 7.56. The Morgan fingerprint density at radius 1 is 1.19 bits per heavy atom. The molecule has 1 aliphatic rings. The van der Waals surface area contributed by atoms with Crippen LogP contribution in [-0.2, 0) is 15.1 Å². The van der Waals surface area contributed by atoms with E-state index in [0.717, 1.165) is 15.6 Å². The molecule has 3 rings (SSSR count). The van der Waals surface area contributed by atoms with Gasteiger partial charge in [-0.2, -0.15) is 0 Å². The van der Waals surface area contributed by atoms with Gasteiger partial charge in [0.1, 0.15) is 0 Å². The molecule has 0 bridgehead atoms. The van der Waals surface area contributed by atoms with Gasteiger partial charge >= 0.3 is 160 Å². The molecule has 0 aliphatic carbocycles. The molecule has 0 saturated carbocycles. The van der Waals surface area contributed by atoms with Crippen LogP contribution in [0.4, 0.5) is 0 Å². The van der Waals surface area contributed by atoms with Crippen molar-refractivity contribution >= 4 is 25.4 Å². The van der Waals surface area contributed by atoms with Gasteiger partial charge in [-0.25, -0.2) is 0 Å². The topological polar surface area (TPSA) is 66.8 Å². The monoisotopic (exact) mass is 420 g/mol. The Bertz CT molecular complexity index is 749. The van der Waals surface area contributed by atoms with Gasteiger partial charge in [-0.15, -0.1) is 0 Å². The van der Waals surface area contributed by atoms with Crippen LogP contribution in [-0.4, -0.2) is 37.7 Å². The third kappa shape index (κ3) is 3.86. The predicted octanol–water partition coefficient (Wildman–Crippen LogP) is 2.33. The number of esters is 1. The van der Waals surface area contributed by atoms with Crippen LogP contribution >= 0.6 is 0 Å². The molecule has 0 spiro atoms. The summed E-state index contributed by atoms with van der Waals surface area (Å²) in [6, 6.07) is 17.7. The molecule has 1 saturated heterocycles. The van der Waals surface area contributed by atoms with E-state index < -0.39 is 17.6 Å². The molecule has 2 aromatic carbocycles. The van der Waals surface area contributed by atoms with Gasteiger partial charge in [-0.05, 0) is 0 Å². The molecule has 26 heavy (non-hydrogen) atoms. The van der Waals surface area contributed by atoms with E-state index in [4.69, 9.17) is 4.74 Å². The number of rotatable bonds is 7.